The highest BCUT2D eigenvalue weighted by molar-refractivity contribution is 4.73. The fraction of sp³-hybridized carbons (Fsp3) is 1.00. The molecule has 6 heteroatoms. The summed E-state index contributed by atoms with van der Waals surface area (Å²) in [6.45, 7) is 1.46. The smallest absolute Gasteiger partial charge is 0.370 e. The van der Waals surface area contributed by atoms with E-state index < -0.39 is 12.4 Å². The Morgan fingerprint density at radius 1 is 1.25 bits per heavy atom. The van der Waals surface area contributed by atoms with Gasteiger partial charge in [-0.3, -0.25) is 4.90 Å². The van der Waals surface area contributed by atoms with Crippen LogP contribution in [0.1, 0.15) is 0 Å². The van der Waals surface area contributed by atoms with Crippen molar-refractivity contribution in [1.82, 2.24) is 10.2 Å². The molecule has 0 spiro atoms. The van der Waals surface area contributed by atoms with Gasteiger partial charge < -0.3 is 10.4 Å². The fourth-order valence-electron chi connectivity index (χ4n) is 1.13. The van der Waals surface area contributed by atoms with Crippen LogP contribution in [0.15, 0.2) is 0 Å². The summed E-state index contributed by atoms with van der Waals surface area (Å²) in [7, 11) is 0. The van der Waals surface area contributed by atoms with Gasteiger partial charge in [-0.15, -0.1) is 0 Å². The zero-order valence-electron chi connectivity index (χ0n) is 6.43. The molecule has 3 nitrogen and oxygen atoms in total. The predicted octanol–water partition coefficient (Wildman–Crippen LogP) is -0.228. The number of hydrogen-bond acceptors (Lipinski definition) is 3. The highest BCUT2D eigenvalue weighted by atomic mass is 19.4. The van der Waals surface area contributed by atoms with Crippen LogP contribution < -0.4 is 5.32 Å². The Kier molecular flexibility index (Phi) is 2.92. The van der Waals surface area contributed by atoms with Crippen molar-refractivity contribution < 1.29 is 18.3 Å². The van der Waals surface area contributed by atoms with E-state index in [4.69, 9.17) is 5.11 Å². The number of hydrogen-bond donors (Lipinski definition) is 2. The maximum atomic E-state index is 11.9. The van der Waals surface area contributed by atoms with Gasteiger partial charge in [-0.2, -0.15) is 13.2 Å². The first-order valence-corrected chi connectivity index (χ1v) is 3.71. The molecule has 1 heterocycles. The Labute approximate surface area is 68.2 Å². The second kappa shape index (κ2) is 3.59. The second-order valence-electron chi connectivity index (χ2n) is 2.70. The molecule has 1 aliphatic heterocycles. The summed E-state index contributed by atoms with van der Waals surface area (Å²) < 4.78 is 35.8. The maximum absolute atomic E-state index is 11.9. The fourth-order valence-corrected chi connectivity index (χ4v) is 1.13. The molecule has 1 fully saturated rings. The number of aliphatic hydroxyl groups is 1. The van der Waals surface area contributed by atoms with Gasteiger partial charge in [-0.1, -0.05) is 0 Å². The van der Waals surface area contributed by atoms with Gasteiger partial charge in [0.2, 0.25) is 6.23 Å². The van der Waals surface area contributed by atoms with Gasteiger partial charge in [0, 0.05) is 26.2 Å². The summed E-state index contributed by atoms with van der Waals surface area (Å²) in [6, 6.07) is 0. The molecule has 1 atom stereocenters. The zero-order valence-corrected chi connectivity index (χ0v) is 6.43. The number of aliphatic hydroxyl groups excluding tert-OH is 1. The number of alkyl halides is 3. The number of nitrogens with zero attached hydrogens (tertiary/aromatic N) is 1. The van der Waals surface area contributed by atoms with Crippen LogP contribution in [0.5, 0.6) is 0 Å². The summed E-state index contributed by atoms with van der Waals surface area (Å²) >= 11 is 0. The Bertz CT molecular complexity index is 144. The minimum atomic E-state index is -4.53. The summed E-state index contributed by atoms with van der Waals surface area (Å²) in [4.78, 5) is 1.01. The van der Waals surface area contributed by atoms with Gasteiger partial charge in [0.05, 0.1) is 0 Å². The van der Waals surface area contributed by atoms with Crippen LogP contribution in [-0.2, 0) is 0 Å². The van der Waals surface area contributed by atoms with Crippen molar-refractivity contribution >= 4 is 0 Å². The highest BCUT2D eigenvalue weighted by Crippen LogP contribution is 2.22. The molecule has 72 valence electrons. The normalized spacial score (nSPS) is 24.0. The molecule has 0 saturated carbocycles. The SMILES string of the molecule is OC(N1CCNCC1)C(F)(F)F. The lowest BCUT2D eigenvalue weighted by Gasteiger charge is -2.32. The van der Waals surface area contributed by atoms with Crippen molar-refractivity contribution in [3.05, 3.63) is 0 Å². The second-order valence-corrected chi connectivity index (χ2v) is 2.70. The van der Waals surface area contributed by atoms with Crippen LogP contribution in [0.2, 0.25) is 0 Å². The molecule has 0 amide bonds. The number of piperazine rings is 1. The monoisotopic (exact) mass is 184 g/mol. The van der Waals surface area contributed by atoms with Crippen LogP contribution in [0.4, 0.5) is 13.2 Å². The summed E-state index contributed by atoms with van der Waals surface area (Å²) in [5.74, 6) is 0. The van der Waals surface area contributed by atoms with Crippen molar-refractivity contribution in [3.8, 4) is 0 Å². The zero-order chi connectivity index (χ0) is 9.19. The van der Waals surface area contributed by atoms with Gasteiger partial charge >= 0.3 is 6.18 Å². The predicted molar refractivity (Wildman–Crippen MR) is 36.5 cm³/mol. The van der Waals surface area contributed by atoms with Crippen molar-refractivity contribution in [3.63, 3.8) is 0 Å². The number of nitrogens with one attached hydrogen (secondary N) is 1. The molecule has 0 bridgehead atoms. The van der Waals surface area contributed by atoms with Crippen molar-refractivity contribution in [1.29, 1.82) is 0 Å². The van der Waals surface area contributed by atoms with Crippen LogP contribution in [0.25, 0.3) is 0 Å². The van der Waals surface area contributed by atoms with Gasteiger partial charge in [0.1, 0.15) is 0 Å². The summed E-state index contributed by atoms with van der Waals surface area (Å²) in [5.41, 5.74) is 0. The summed E-state index contributed by atoms with van der Waals surface area (Å²) in [6.07, 6.45) is -6.84. The third kappa shape index (κ3) is 2.33. The summed E-state index contributed by atoms with van der Waals surface area (Å²) in [5, 5.41) is 11.7. The van der Waals surface area contributed by atoms with Crippen LogP contribution in [0.3, 0.4) is 0 Å². The van der Waals surface area contributed by atoms with Crippen LogP contribution in [0, 0.1) is 0 Å². The molecule has 1 aliphatic rings. The van der Waals surface area contributed by atoms with Crippen molar-refractivity contribution in [2.24, 2.45) is 0 Å². The molecule has 1 rings (SSSR count). The first kappa shape index (κ1) is 9.76. The molecule has 1 unspecified atom stereocenters. The molecule has 0 aromatic carbocycles. The third-order valence-electron chi connectivity index (χ3n) is 1.79. The van der Waals surface area contributed by atoms with Crippen molar-refractivity contribution in [2.75, 3.05) is 26.2 Å². The third-order valence-corrected chi connectivity index (χ3v) is 1.79. The van der Waals surface area contributed by atoms with E-state index in [1.165, 1.54) is 0 Å². The quantitative estimate of drug-likeness (QED) is 0.591. The van der Waals surface area contributed by atoms with Crippen LogP contribution >= 0.6 is 0 Å². The van der Waals surface area contributed by atoms with E-state index in [-0.39, 0.29) is 13.1 Å². The minimum Gasteiger partial charge on any atom is -0.370 e. The minimum absolute atomic E-state index is 0.237. The Balaban J connectivity index is 2.45. The Morgan fingerprint density at radius 3 is 2.17 bits per heavy atom. The van der Waals surface area contributed by atoms with Gasteiger partial charge in [-0.25, -0.2) is 0 Å². The number of halogens is 3. The molecule has 1 saturated heterocycles. The molecular weight excluding hydrogens is 173 g/mol. The van der Waals surface area contributed by atoms with E-state index in [2.05, 4.69) is 5.32 Å². The molecular formula is C6H11F3N2O. The molecule has 0 aliphatic carbocycles. The average Bonchev–Trinajstić information content (AvgIpc) is 2.03. The molecule has 12 heavy (non-hydrogen) atoms. The van der Waals surface area contributed by atoms with Gasteiger partial charge in [-0.05, 0) is 0 Å². The lowest BCUT2D eigenvalue weighted by Crippen LogP contribution is -2.53. The standard InChI is InChI=1S/C6H11F3N2O/c7-6(8,9)5(12)11-3-1-10-2-4-11/h5,10,12H,1-4H2. The van der Waals surface area contributed by atoms with E-state index in [9.17, 15) is 13.2 Å². The Morgan fingerprint density at radius 2 is 1.75 bits per heavy atom. The first-order chi connectivity index (χ1) is 5.52. The lowest BCUT2D eigenvalue weighted by molar-refractivity contribution is -0.251. The molecule has 0 aromatic rings. The molecule has 0 aromatic heterocycles. The van der Waals surface area contributed by atoms with E-state index in [0.717, 1.165) is 4.90 Å². The van der Waals surface area contributed by atoms with Crippen molar-refractivity contribution in [2.45, 2.75) is 12.4 Å². The van der Waals surface area contributed by atoms with Crippen LogP contribution in [-0.4, -0.2) is 48.6 Å². The van der Waals surface area contributed by atoms with Gasteiger partial charge in [0.15, 0.2) is 0 Å². The lowest BCUT2D eigenvalue weighted by atomic mass is 10.3. The van der Waals surface area contributed by atoms with E-state index in [0.29, 0.717) is 13.1 Å². The Hall–Kier alpha value is -0.330. The van der Waals surface area contributed by atoms with E-state index >= 15 is 0 Å². The number of rotatable bonds is 1. The highest BCUT2D eigenvalue weighted by Gasteiger charge is 2.42. The van der Waals surface area contributed by atoms with Gasteiger partial charge in [0.25, 0.3) is 0 Å². The topological polar surface area (TPSA) is 35.5 Å². The first-order valence-electron chi connectivity index (χ1n) is 3.71. The molecule has 2 N–H and O–H groups in total. The average molecular weight is 184 g/mol. The largest absolute Gasteiger partial charge is 0.428 e. The molecule has 0 radical (unpaired) electrons. The maximum Gasteiger partial charge on any atom is 0.428 e. The van der Waals surface area contributed by atoms with E-state index in [1.807, 2.05) is 0 Å². The van der Waals surface area contributed by atoms with E-state index in [1.54, 1.807) is 0 Å².